The fourth-order valence-corrected chi connectivity index (χ4v) is 1.45. The Morgan fingerprint density at radius 2 is 1.82 bits per heavy atom. The molecular formula is C14H18N2O. The van der Waals surface area contributed by atoms with Crippen LogP contribution in [0.2, 0.25) is 0 Å². The van der Waals surface area contributed by atoms with Gasteiger partial charge in [0, 0.05) is 11.6 Å². The Kier molecular flexibility index (Phi) is 3.90. The number of nitrogens with zero attached hydrogens (tertiary/aromatic N) is 1. The highest BCUT2D eigenvalue weighted by Crippen LogP contribution is 2.22. The fraction of sp³-hybridized carbons (Fsp3) is 0.429. The van der Waals surface area contributed by atoms with Crippen LogP contribution in [0.3, 0.4) is 0 Å². The lowest BCUT2D eigenvalue weighted by Crippen LogP contribution is -2.30. The summed E-state index contributed by atoms with van der Waals surface area (Å²) in [6.07, 6.45) is 0. The molecule has 0 bridgehead atoms. The number of benzene rings is 1. The van der Waals surface area contributed by atoms with Crippen molar-refractivity contribution in [2.75, 3.05) is 0 Å². The Morgan fingerprint density at radius 1 is 1.29 bits per heavy atom. The summed E-state index contributed by atoms with van der Waals surface area (Å²) in [7, 11) is 0. The van der Waals surface area contributed by atoms with Crippen molar-refractivity contribution in [3.8, 4) is 6.07 Å². The van der Waals surface area contributed by atoms with Gasteiger partial charge in [0.2, 0.25) is 0 Å². The van der Waals surface area contributed by atoms with E-state index in [1.807, 2.05) is 39.8 Å². The van der Waals surface area contributed by atoms with E-state index < -0.39 is 5.41 Å². The van der Waals surface area contributed by atoms with Crippen molar-refractivity contribution in [1.29, 1.82) is 5.26 Å². The third kappa shape index (κ3) is 3.32. The Labute approximate surface area is 102 Å². The van der Waals surface area contributed by atoms with Crippen molar-refractivity contribution in [1.82, 2.24) is 5.32 Å². The molecule has 0 aliphatic rings. The number of carbonyl (C=O) groups is 1. The summed E-state index contributed by atoms with van der Waals surface area (Å²) in [6.45, 7) is 7.56. The summed E-state index contributed by atoms with van der Waals surface area (Å²) in [4.78, 5) is 11.7. The molecule has 0 spiro atoms. The van der Waals surface area contributed by atoms with Gasteiger partial charge in [-0.25, -0.2) is 0 Å². The molecule has 1 aromatic carbocycles. The van der Waals surface area contributed by atoms with Gasteiger partial charge in [-0.15, -0.1) is 0 Å². The zero-order chi connectivity index (χ0) is 13.1. The Balaban J connectivity index is 2.90. The SMILES string of the molecule is CC(C)NC(=O)c1ccc(C(C)(C)C#N)cc1. The summed E-state index contributed by atoms with van der Waals surface area (Å²) < 4.78 is 0. The minimum atomic E-state index is -0.521. The summed E-state index contributed by atoms with van der Waals surface area (Å²) in [5.74, 6) is -0.0821. The second-order valence-corrected chi connectivity index (χ2v) is 4.94. The molecule has 0 aromatic heterocycles. The summed E-state index contributed by atoms with van der Waals surface area (Å²) >= 11 is 0. The van der Waals surface area contributed by atoms with Crippen molar-refractivity contribution < 1.29 is 4.79 Å². The third-order valence-electron chi connectivity index (χ3n) is 2.57. The predicted octanol–water partition coefficient (Wildman–Crippen LogP) is 2.63. The number of nitrogens with one attached hydrogen (secondary N) is 1. The number of hydrogen-bond donors (Lipinski definition) is 1. The molecular weight excluding hydrogens is 212 g/mol. The molecule has 0 heterocycles. The van der Waals surface area contributed by atoms with E-state index in [-0.39, 0.29) is 11.9 Å². The molecule has 0 saturated heterocycles. The van der Waals surface area contributed by atoms with Crippen molar-refractivity contribution in [3.63, 3.8) is 0 Å². The van der Waals surface area contributed by atoms with Gasteiger partial charge < -0.3 is 5.32 Å². The largest absolute Gasteiger partial charge is 0.350 e. The zero-order valence-corrected chi connectivity index (χ0v) is 10.7. The highest BCUT2D eigenvalue weighted by atomic mass is 16.1. The van der Waals surface area contributed by atoms with Gasteiger partial charge in [0.15, 0.2) is 0 Å². The maximum absolute atomic E-state index is 11.7. The Hall–Kier alpha value is -1.82. The van der Waals surface area contributed by atoms with E-state index in [9.17, 15) is 4.79 Å². The van der Waals surface area contributed by atoms with Crippen molar-refractivity contribution in [2.45, 2.75) is 39.2 Å². The van der Waals surface area contributed by atoms with Gasteiger partial charge in [-0.05, 0) is 45.4 Å². The molecule has 0 atom stereocenters. The molecule has 0 aliphatic carbocycles. The number of rotatable bonds is 3. The van der Waals surface area contributed by atoms with E-state index in [0.29, 0.717) is 5.56 Å². The molecule has 0 aliphatic heterocycles. The van der Waals surface area contributed by atoms with Crippen LogP contribution in [-0.4, -0.2) is 11.9 Å². The Bertz CT molecular complexity index is 438. The van der Waals surface area contributed by atoms with E-state index in [0.717, 1.165) is 5.56 Å². The first-order valence-electron chi connectivity index (χ1n) is 5.69. The summed E-state index contributed by atoms with van der Waals surface area (Å²) in [5, 5.41) is 11.8. The average molecular weight is 230 g/mol. The van der Waals surface area contributed by atoms with Crippen molar-refractivity contribution >= 4 is 5.91 Å². The van der Waals surface area contributed by atoms with Crippen LogP contribution < -0.4 is 5.32 Å². The molecule has 0 saturated carbocycles. The van der Waals surface area contributed by atoms with Gasteiger partial charge in [0.1, 0.15) is 0 Å². The van der Waals surface area contributed by atoms with Gasteiger partial charge >= 0.3 is 0 Å². The third-order valence-corrected chi connectivity index (χ3v) is 2.57. The van der Waals surface area contributed by atoms with Crippen molar-refractivity contribution in [3.05, 3.63) is 35.4 Å². The van der Waals surface area contributed by atoms with Gasteiger partial charge in [-0.3, -0.25) is 4.79 Å². The molecule has 0 radical (unpaired) electrons. The fourth-order valence-electron chi connectivity index (χ4n) is 1.45. The number of nitriles is 1. The topological polar surface area (TPSA) is 52.9 Å². The molecule has 1 amide bonds. The van der Waals surface area contributed by atoms with Crippen LogP contribution in [0.4, 0.5) is 0 Å². The van der Waals surface area contributed by atoms with Crippen LogP contribution in [0.1, 0.15) is 43.6 Å². The van der Waals surface area contributed by atoms with E-state index in [2.05, 4.69) is 11.4 Å². The highest BCUT2D eigenvalue weighted by Gasteiger charge is 2.19. The summed E-state index contributed by atoms with van der Waals surface area (Å²) in [6, 6.07) is 9.54. The minimum Gasteiger partial charge on any atom is -0.350 e. The Morgan fingerprint density at radius 3 is 2.24 bits per heavy atom. The van der Waals surface area contributed by atoms with Crippen LogP contribution in [0, 0.1) is 11.3 Å². The first-order valence-corrected chi connectivity index (χ1v) is 5.69. The van der Waals surface area contributed by atoms with Crippen LogP contribution >= 0.6 is 0 Å². The first kappa shape index (κ1) is 13.2. The minimum absolute atomic E-state index is 0.0821. The van der Waals surface area contributed by atoms with Crippen LogP contribution in [0.15, 0.2) is 24.3 Å². The lowest BCUT2D eigenvalue weighted by atomic mass is 9.86. The van der Waals surface area contributed by atoms with Gasteiger partial charge in [0.05, 0.1) is 11.5 Å². The zero-order valence-electron chi connectivity index (χ0n) is 10.7. The molecule has 90 valence electrons. The van der Waals surface area contributed by atoms with E-state index >= 15 is 0 Å². The van der Waals surface area contributed by atoms with Crippen LogP contribution in [-0.2, 0) is 5.41 Å². The molecule has 0 fully saturated rings. The number of amides is 1. The van der Waals surface area contributed by atoms with E-state index in [4.69, 9.17) is 5.26 Å². The molecule has 1 N–H and O–H groups in total. The van der Waals surface area contributed by atoms with Gasteiger partial charge in [-0.2, -0.15) is 5.26 Å². The summed E-state index contributed by atoms with van der Waals surface area (Å²) in [5.41, 5.74) is 1.02. The maximum Gasteiger partial charge on any atom is 0.251 e. The van der Waals surface area contributed by atoms with Crippen LogP contribution in [0.25, 0.3) is 0 Å². The van der Waals surface area contributed by atoms with Crippen LogP contribution in [0.5, 0.6) is 0 Å². The average Bonchev–Trinajstić information content (AvgIpc) is 2.28. The lowest BCUT2D eigenvalue weighted by molar-refractivity contribution is 0.0943. The molecule has 3 nitrogen and oxygen atoms in total. The standard InChI is InChI=1S/C14H18N2O/c1-10(2)16-13(17)11-5-7-12(8-6-11)14(3,4)9-15/h5-8,10H,1-4H3,(H,16,17). The maximum atomic E-state index is 11.7. The molecule has 0 unspecified atom stereocenters. The number of carbonyl (C=O) groups excluding carboxylic acids is 1. The second kappa shape index (κ2) is 5.01. The quantitative estimate of drug-likeness (QED) is 0.867. The molecule has 1 aromatic rings. The van der Waals surface area contributed by atoms with Crippen molar-refractivity contribution in [2.24, 2.45) is 0 Å². The van der Waals surface area contributed by atoms with E-state index in [1.54, 1.807) is 12.1 Å². The monoisotopic (exact) mass is 230 g/mol. The highest BCUT2D eigenvalue weighted by molar-refractivity contribution is 5.94. The predicted molar refractivity (Wildman–Crippen MR) is 67.7 cm³/mol. The van der Waals surface area contributed by atoms with Gasteiger partial charge in [0.25, 0.3) is 5.91 Å². The van der Waals surface area contributed by atoms with E-state index in [1.165, 1.54) is 0 Å². The first-order chi connectivity index (χ1) is 7.86. The lowest BCUT2D eigenvalue weighted by Gasteiger charge is -2.16. The normalized spacial score (nSPS) is 11.1. The second-order valence-electron chi connectivity index (χ2n) is 4.94. The number of hydrogen-bond acceptors (Lipinski definition) is 2. The van der Waals surface area contributed by atoms with Gasteiger partial charge in [-0.1, -0.05) is 12.1 Å². The molecule has 17 heavy (non-hydrogen) atoms. The smallest absolute Gasteiger partial charge is 0.251 e. The molecule has 1 rings (SSSR count). The molecule has 3 heteroatoms.